The highest BCUT2D eigenvalue weighted by Crippen LogP contribution is 2.26. The van der Waals surface area contributed by atoms with Gasteiger partial charge in [0.2, 0.25) is 5.88 Å². The molecule has 2 aromatic heterocycles. The molecule has 2 heterocycles. The summed E-state index contributed by atoms with van der Waals surface area (Å²) in [4.78, 5) is 8.41. The zero-order valence-electron chi connectivity index (χ0n) is 10.6. The number of nitriles is 1. The van der Waals surface area contributed by atoms with Crippen LogP contribution < -0.4 is 4.74 Å². The molecule has 0 N–H and O–H groups in total. The lowest BCUT2D eigenvalue weighted by Crippen LogP contribution is -1.98. The van der Waals surface area contributed by atoms with Crippen LogP contribution in [0, 0.1) is 32.1 Å². The molecule has 0 saturated heterocycles. The van der Waals surface area contributed by atoms with Crippen LogP contribution in [0.1, 0.15) is 22.5 Å². The molecule has 0 aliphatic heterocycles. The molecular weight excluding hydrogens is 226 g/mol. The highest BCUT2D eigenvalue weighted by molar-refractivity contribution is 5.47. The van der Waals surface area contributed by atoms with E-state index in [9.17, 15) is 0 Å². The Morgan fingerprint density at radius 3 is 2.72 bits per heavy atom. The average Bonchev–Trinajstić information content (AvgIpc) is 2.31. The third-order valence-corrected chi connectivity index (χ3v) is 2.59. The summed E-state index contributed by atoms with van der Waals surface area (Å²) in [7, 11) is 0. The van der Waals surface area contributed by atoms with Crippen molar-refractivity contribution in [2.45, 2.75) is 20.8 Å². The first-order valence-corrected chi connectivity index (χ1v) is 5.59. The van der Waals surface area contributed by atoms with Crippen molar-refractivity contribution in [3.05, 3.63) is 46.9 Å². The maximum Gasteiger partial charge on any atom is 0.237 e. The molecule has 2 aromatic rings. The van der Waals surface area contributed by atoms with Gasteiger partial charge in [0, 0.05) is 11.9 Å². The Balaban J connectivity index is 2.47. The smallest absolute Gasteiger partial charge is 0.237 e. The minimum absolute atomic E-state index is 0.339. The first-order valence-electron chi connectivity index (χ1n) is 5.59. The molecule has 0 fully saturated rings. The van der Waals surface area contributed by atoms with Gasteiger partial charge in [-0.2, -0.15) is 5.26 Å². The van der Waals surface area contributed by atoms with Crippen LogP contribution in [0.25, 0.3) is 0 Å². The largest absolute Gasteiger partial charge is 0.436 e. The summed E-state index contributed by atoms with van der Waals surface area (Å²) in [5, 5.41) is 9.15. The van der Waals surface area contributed by atoms with Gasteiger partial charge in [0.1, 0.15) is 11.6 Å². The van der Waals surface area contributed by atoms with E-state index in [0.29, 0.717) is 17.2 Å². The fraction of sp³-hybridized carbons (Fsp3) is 0.214. The molecule has 0 atom stereocenters. The second-order valence-electron chi connectivity index (χ2n) is 4.06. The van der Waals surface area contributed by atoms with Crippen molar-refractivity contribution in [1.82, 2.24) is 9.97 Å². The van der Waals surface area contributed by atoms with Gasteiger partial charge in [0.05, 0.1) is 5.69 Å². The molecular formula is C14H13N3O. The summed E-state index contributed by atoms with van der Waals surface area (Å²) in [6.07, 6.45) is 1.70. The molecule has 2 rings (SSSR count). The van der Waals surface area contributed by atoms with Crippen molar-refractivity contribution in [3.8, 4) is 17.7 Å². The van der Waals surface area contributed by atoms with Crippen molar-refractivity contribution >= 4 is 0 Å². The number of aryl methyl sites for hydroxylation is 3. The molecule has 0 aliphatic carbocycles. The lowest BCUT2D eigenvalue weighted by molar-refractivity contribution is 0.453. The normalized spacial score (nSPS) is 9.89. The summed E-state index contributed by atoms with van der Waals surface area (Å²) in [5.74, 6) is 0.956. The molecule has 4 heteroatoms. The lowest BCUT2D eigenvalue weighted by atomic mass is 10.1. The van der Waals surface area contributed by atoms with Gasteiger partial charge in [0.25, 0.3) is 0 Å². The summed E-state index contributed by atoms with van der Waals surface area (Å²) in [6.45, 7) is 5.59. The highest BCUT2D eigenvalue weighted by Gasteiger charge is 2.11. The Morgan fingerprint density at radius 1 is 1.28 bits per heavy atom. The Hall–Kier alpha value is -2.41. The van der Waals surface area contributed by atoms with Crippen LogP contribution >= 0.6 is 0 Å². The van der Waals surface area contributed by atoms with Crippen LogP contribution in [-0.4, -0.2) is 9.97 Å². The molecule has 0 bridgehead atoms. The van der Waals surface area contributed by atoms with Crippen LogP contribution in [-0.2, 0) is 0 Å². The van der Waals surface area contributed by atoms with E-state index in [1.165, 1.54) is 0 Å². The number of ether oxygens (including phenoxy) is 1. The fourth-order valence-electron chi connectivity index (χ4n) is 1.69. The van der Waals surface area contributed by atoms with Crippen LogP contribution in [0.4, 0.5) is 0 Å². The van der Waals surface area contributed by atoms with E-state index in [-0.39, 0.29) is 0 Å². The van der Waals surface area contributed by atoms with Crippen molar-refractivity contribution in [2.24, 2.45) is 0 Å². The van der Waals surface area contributed by atoms with Gasteiger partial charge in [0.15, 0.2) is 5.75 Å². The highest BCUT2D eigenvalue weighted by atomic mass is 16.5. The quantitative estimate of drug-likeness (QED) is 0.808. The maximum atomic E-state index is 9.15. The molecule has 4 nitrogen and oxygen atoms in total. The molecule has 0 saturated carbocycles. The van der Waals surface area contributed by atoms with Gasteiger partial charge in [-0.3, -0.25) is 4.98 Å². The van der Waals surface area contributed by atoms with Crippen molar-refractivity contribution in [2.75, 3.05) is 0 Å². The molecule has 0 amide bonds. The molecule has 90 valence electrons. The average molecular weight is 239 g/mol. The molecule has 0 aliphatic rings. The number of pyridine rings is 2. The van der Waals surface area contributed by atoms with Crippen LogP contribution in [0.3, 0.4) is 0 Å². The maximum absolute atomic E-state index is 9.15. The molecule has 18 heavy (non-hydrogen) atoms. The Morgan fingerprint density at radius 2 is 2.06 bits per heavy atom. The molecule has 0 radical (unpaired) electrons. The summed E-state index contributed by atoms with van der Waals surface area (Å²) >= 11 is 0. The second-order valence-corrected chi connectivity index (χ2v) is 4.06. The third-order valence-electron chi connectivity index (χ3n) is 2.59. The van der Waals surface area contributed by atoms with Gasteiger partial charge in [-0.1, -0.05) is 0 Å². The monoisotopic (exact) mass is 239 g/mol. The van der Waals surface area contributed by atoms with Crippen molar-refractivity contribution in [1.29, 1.82) is 5.26 Å². The minimum Gasteiger partial charge on any atom is -0.436 e. The topological polar surface area (TPSA) is 58.8 Å². The molecule has 0 aromatic carbocycles. The summed E-state index contributed by atoms with van der Waals surface area (Å²) < 4.78 is 5.70. The SMILES string of the molecule is Cc1cc(C)c(C#N)c(Oc2cccnc2C)n1. The number of hydrogen-bond acceptors (Lipinski definition) is 4. The van der Waals surface area contributed by atoms with E-state index in [2.05, 4.69) is 16.0 Å². The number of nitrogens with zero attached hydrogens (tertiary/aromatic N) is 3. The van der Waals surface area contributed by atoms with Gasteiger partial charge in [-0.15, -0.1) is 0 Å². The lowest BCUT2D eigenvalue weighted by Gasteiger charge is -2.10. The standard InChI is InChI=1S/C14H13N3O/c1-9-7-10(2)17-14(12(9)8-15)18-13-5-4-6-16-11(13)3/h4-7H,1-3H3. The van der Waals surface area contributed by atoms with Gasteiger partial charge >= 0.3 is 0 Å². The van der Waals surface area contributed by atoms with E-state index in [1.54, 1.807) is 12.3 Å². The van der Waals surface area contributed by atoms with E-state index in [1.807, 2.05) is 32.9 Å². The Bertz CT molecular complexity index is 629. The van der Waals surface area contributed by atoms with Crippen molar-refractivity contribution < 1.29 is 4.74 Å². The van der Waals surface area contributed by atoms with E-state index in [0.717, 1.165) is 17.0 Å². The van der Waals surface area contributed by atoms with Gasteiger partial charge in [-0.05, 0) is 44.5 Å². The third kappa shape index (κ3) is 2.30. The Kier molecular flexibility index (Phi) is 3.24. The van der Waals surface area contributed by atoms with Crippen LogP contribution in [0.5, 0.6) is 11.6 Å². The van der Waals surface area contributed by atoms with E-state index >= 15 is 0 Å². The van der Waals surface area contributed by atoms with Gasteiger partial charge < -0.3 is 4.74 Å². The van der Waals surface area contributed by atoms with Crippen LogP contribution in [0.2, 0.25) is 0 Å². The number of hydrogen-bond donors (Lipinski definition) is 0. The zero-order valence-corrected chi connectivity index (χ0v) is 10.6. The molecule has 0 unspecified atom stereocenters. The fourth-order valence-corrected chi connectivity index (χ4v) is 1.69. The van der Waals surface area contributed by atoms with Crippen LogP contribution in [0.15, 0.2) is 24.4 Å². The Labute approximate surface area is 106 Å². The number of rotatable bonds is 2. The zero-order chi connectivity index (χ0) is 13.1. The predicted octanol–water partition coefficient (Wildman–Crippen LogP) is 3.07. The minimum atomic E-state index is 0.339. The van der Waals surface area contributed by atoms with Gasteiger partial charge in [-0.25, -0.2) is 4.98 Å². The summed E-state index contributed by atoms with van der Waals surface area (Å²) in [6, 6.07) is 7.58. The number of aromatic nitrogens is 2. The summed E-state index contributed by atoms with van der Waals surface area (Å²) in [5.41, 5.74) is 2.91. The van der Waals surface area contributed by atoms with E-state index in [4.69, 9.17) is 10.00 Å². The molecule has 0 spiro atoms. The van der Waals surface area contributed by atoms with Crippen molar-refractivity contribution in [3.63, 3.8) is 0 Å². The predicted molar refractivity (Wildman–Crippen MR) is 67.5 cm³/mol. The first-order chi connectivity index (χ1) is 8.61. The van der Waals surface area contributed by atoms with E-state index < -0.39 is 0 Å². The second kappa shape index (κ2) is 4.84. The first kappa shape index (κ1) is 12.1.